The molecule has 0 aliphatic heterocycles. The minimum Gasteiger partial charge on any atom is -0.497 e. The Morgan fingerprint density at radius 2 is 2.00 bits per heavy atom. The number of carbonyl (C=O) groups is 1. The van der Waals surface area contributed by atoms with E-state index in [2.05, 4.69) is 20.6 Å². The van der Waals surface area contributed by atoms with Gasteiger partial charge in [0.25, 0.3) is 5.91 Å². The zero-order valence-electron chi connectivity index (χ0n) is 16.3. The molecular formula is C22H18FN5O2. The number of hydrogen-bond donors (Lipinski definition) is 1. The maximum atomic E-state index is 13.7. The maximum Gasteiger partial charge on any atom is 0.278 e. The zero-order valence-corrected chi connectivity index (χ0v) is 16.3. The summed E-state index contributed by atoms with van der Waals surface area (Å²) >= 11 is 0. The molecule has 7 nitrogen and oxygen atoms in total. The average molecular weight is 403 g/mol. The molecule has 0 aliphatic rings. The molecule has 0 unspecified atom stereocenters. The molecule has 0 fully saturated rings. The summed E-state index contributed by atoms with van der Waals surface area (Å²) in [6.07, 6.45) is 3.25. The second-order valence-electron chi connectivity index (χ2n) is 6.56. The Balaban J connectivity index is 1.79. The highest BCUT2D eigenvalue weighted by atomic mass is 19.1. The predicted molar refractivity (Wildman–Crippen MR) is 110 cm³/mol. The molecule has 0 bridgehead atoms. The van der Waals surface area contributed by atoms with Gasteiger partial charge in [0.2, 0.25) is 0 Å². The molecule has 0 saturated carbocycles. The number of anilines is 1. The van der Waals surface area contributed by atoms with Crippen LogP contribution in [0.1, 0.15) is 16.1 Å². The van der Waals surface area contributed by atoms with Crippen molar-refractivity contribution in [3.63, 3.8) is 0 Å². The number of amides is 1. The summed E-state index contributed by atoms with van der Waals surface area (Å²) in [6, 6.07) is 15.2. The number of carbonyl (C=O) groups excluding carboxylic acids is 1. The molecular weight excluding hydrogens is 385 g/mol. The molecule has 0 spiro atoms. The summed E-state index contributed by atoms with van der Waals surface area (Å²) < 4.78 is 20.4. The fraction of sp³-hybridized carbons (Fsp3) is 0.0909. The van der Waals surface area contributed by atoms with E-state index in [1.807, 2.05) is 0 Å². The smallest absolute Gasteiger partial charge is 0.278 e. The quantitative estimate of drug-likeness (QED) is 0.544. The van der Waals surface area contributed by atoms with Crippen LogP contribution in [-0.4, -0.2) is 33.0 Å². The summed E-state index contributed by atoms with van der Waals surface area (Å²) in [6.45, 7) is 1.66. The number of nitrogens with one attached hydrogen (secondary N) is 1. The Hall–Kier alpha value is -4.07. The normalized spacial score (nSPS) is 10.6. The Kier molecular flexibility index (Phi) is 5.21. The number of ether oxygens (including phenoxy) is 1. The summed E-state index contributed by atoms with van der Waals surface area (Å²) in [5.74, 6) is -0.143. The summed E-state index contributed by atoms with van der Waals surface area (Å²) in [5.41, 5.74) is 2.83. The van der Waals surface area contributed by atoms with Crippen LogP contribution in [0.25, 0.3) is 16.9 Å². The van der Waals surface area contributed by atoms with Gasteiger partial charge in [-0.1, -0.05) is 11.3 Å². The average Bonchev–Trinajstić information content (AvgIpc) is 3.22. The van der Waals surface area contributed by atoms with Gasteiger partial charge in [0.15, 0.2) is 5.69 Å². The lowest BCUT2D eigenvalue weighted by molar-refractivity contribution is 0.102. The van der Waals surface area contributed by atoms with Gasteiger partial charge in [-0.15, -0.1) is 5.10 Å². The van der Waals surface area contributed by atoms with E-state index in [0.717, 1.165) is 0 Å². The van der Waals surface area contributed by atoms with Crippen LogP contribution in [0.4, 0.5) is 10.1 Å². The SMILES string of the molecule is COc1cccc(NC(=O)c2nnn(-c3ccc(F)c(C)c3)c2-c2cccnc2)c1. The number of nitrogens with zero attached hydrogens (tertiary/aromatic N) is 4. The third kappa shape index (κ3) is 3.75. The van der Waals surface area contributed by atoms with Gasteiger partial charge in [-0.25, -0.2) is 9.07 Å². The lowest BCUT2D eigenvalue weighted by atomic mass is 10.1. The van der Waals surface area contributed by atoms with Gasteiger partial charge >= 0.3 is 0 Å². The summed E-state index contributed by atoms with van der Waals surface area (Å²) in [5, 5.41) is 11.1. The molecule has 2 aromatic heterocycles. The van der Waals surface area contributed by atoms with Crippen LogP contribution >= 0.6 is 0 Å². The molecule has 1 amide bonds. The van der Waals surface area contributed by atoms with Crippen molar-refractivity contribution < 1.29 is 13.9 Å². The second kappa shape index (κ2) is 8.12. The van der Waals surface area contributed by atoms with Crippen molar-refractivity contribution in [2.75, 3.05) is 12.4 Å². The van der Waals surface area contributed by atoms with Gasteiger partial charge in [0, 0.05) is 29.7 Å². The maximum absolute atomic E-state index is 13.7. The van der Waals surface area contributed by atoms with Crippen LogP contribution in [0.5, 0.6) is 5.75 Å². The molecule has 1 N–H and O–H groups in total. The lowest BCUT2D eigenvalue weighted by Crippen LogP contribution is -2.14. The fourth-order valence-electron chi connectivity index (χ4n) is 3.03. The monoisotopic (exact) mass is 403 g/mol. The van der Waals surface area contributed by atoms with Crippen LogP contribution < -0.4 is 10.1 Å². The summed E-state index contributed by atoms with van der Waals surface area (Å²) in [4.78, 5) is 17.2. The molecule has 150 valence electrons. The predicted octanol–water partition coefficient (Wildman–Crippen LogP) is 4.04. The highest BCUT2D eigenvalue weighted by molar-refractivity contribution is 6.06. The first-order valence-electron chi connectivity index (χ1n) is 9.15. The Labute approximate surface area is 172 Å². The summed E-state index contributed by atoms with van der Waals surface area (Å²) in [7, 11) is 1.55. The van der Waals surface area contributed by atoms with E-state index in [0.29, 0.717) is 33.9 Å². The highest BCUT2D eigenvalue weighted by Crippen LogP contribution is 2.26. The van der Waals surface area contributed by atoms with Gasteiger partial charge in [-0.05, 0) is 55.0 Å². The molecule has 2 aromatic carbocycles. The molecule has 8 heteroatoms. The standard InChI is InChI=1S/C22H18FN5O2/c1-14-11-17(8-9-19(14)23)28-21(15-5-4-10-24-13-15)20(26-27-28)22(29)25-16-6-3-7-18(12-16)30-2/h3-13H,1-2H3,(H,25,29). The van der Waals surface area contributed by atoms with Crippen LogP contribution in [-0.2, 0) is 0 Å². The zero-order chi connectivity index (χ0) is 21.1. The van der Waals surface area contributed by atoms with E-state index in [1.54, 1.807) is 75.0 Å². The van der Waals surface area contributed by atoms with Crippen LogP contribution in [0.2, 0.25) is 0 Å². The van der Waals surface area contributed by atoms with Crippen molar-refractivity contribution >= 4 is 11.6 Å². The molecule has 0 saturated heterocycles. The molecule has 30 heavy (non-hydrogen) atoms. The first-order valence-corrected chi connectivity index (χ1v) is 9.15. The molecule has 4 rings (SSSR count). The fourth-order valence-corrected chi connectivity index (χ4v) is 3.03. The topological polar surface area (TPSA) is 81.9 Å². The largest absolute Gasteiger partial charge is 0.497 e. The van der Waals surface area contributed by atoms with Crippen LogP contribution in [0, 0.1) is 12.7 Å². The number of rotatable bonds is 5. The van der Waals surface area contributed by atoms with E-state index >= 15 is 0 Å². The molecule has 2 heterocycles. The van der Waals surface area contributed by atoms with Crippen molar-refractivity contribution in [1.29, 1.82) is 0 Å². The minimum absolute atomic E-state index is 0.118. The van der Waals surface area contributed by atoms with Gasteiger partial charge in [0.1, 0.15) is 17.3 Å². The van der Waals surface area contributed by atoms with E-state index in [-0.39, 0.29) is 11.5 Å². The molecule has 4 aromatic rings. The van der Waals surface area contributed by atoms with E-state index in [9.17, 15) is 9.18 Å². The van der Waals surface area contributed by atoms with Crippen molar-refractivity contribution in [1.82, 2.24) is 20.0 Å². The van der Waals surface area contributed by atoms with E-state index in [4.69, 9.17) is 4.74 Å². The number of aromatic nitrogens is 4. The van der Waals surface area contributed by atoms with Gasteiger partial charge in [0.05, 0.1) is 12.8 Å². The van der Waals surface area contributed by atoms with Crippen molar-refractivity contribution in [3.8, 4) is 22.7 Å². The number of halogens is 1. The lowest BCUT2D eigenvalue weighted by Gasteiger charge is -2.10. The first-order chi connectivity index (χ1) is 14.6. The number of aryl methyl sites for hydroxylation is 1. The van der Waals surface area contributed by atoms with E-state index in [1.165, 1.54) is 10.7 Å². The number of methoxy groups -OCH3 is 1. The molecule has 0 aliphatic carbocycles. The highest BCUT2D eigenvalue weighted by Gasteiger charge is 2.23. The van der Waals surface area contributed by atoms with E-state index < -0.39 is 5.91 Å². The Bertz CT molecular complexity index is 1210. The number of benzene rings is 2. The number of pyridine rings is 1. The van der Waals surface area contributed by atoms with Crippen molar-refractivity contribution in [2.24, 2.45) is 0 Å². The molecule has 0 radical (unpaired) electrons. The van der Waals surface area contributed by atoms with Gasteiger partial charge in [-0.3, -0.25) is 9.78 Å². The van der Waals surface area contributed by atoms with Crippen LogP contribution in [0.3, 0.4) is 0 Å². The Morgan fingerprint density at radius 1 is 1.13 bits per heavy atom. The Morgan fingerprint density at radius 3 is 2.73 bits per heavy atom. The minimum atomic E-state index is -0.438. The second-order valence-corrected chi connectivity index (χ2v) is 6.56. The van der Waals surface area contributed by atoms with Crippen LogP contribution in [0.15, 0.2) is 67.0 Å². The van der Waals surface area contributed by atoms with Gasteiger partial charge < -0.3 is 10.1 Å². The van der Waals surface area contributed by atoms with Crippen molar-refractivity contribution in [3.05, 3.63) is 84.1 Å². The third-order valence-corrected chi connectivity index (χ3v) is 4.53. The first kappa shape index (κ1) is 19.3. The van der Waals surface area contributed by atoms with Gasteiger partial charge in [-0.2, -0.15) is 0 Å². The molecule has 0 atom stereocenters. The third-order valence-electron chi connectivity index (χ3n) is 4.53. The van der Waals surface area contributed by atoms with Crippen molar-refractivity contribution in [2.45, 2.75) is 6.92 Å². The number of hydrogen-bond acceptors (Lipinski definition) is 5.